The molecule has 1 amide bonds. The summed E-state index contributed by atoms with van der Waals surface area (Å²) in [5.74, 6) is -1.15. The second-order valence-electron chi connectivity index (χ2n) is 11.5. The highest BCUT2D eigenvalue weighted by Gasteiger charge is 2.21. The van der Waals surface area contributed by atoms with Crippen molar-refractivity contribution in [3.63, 3.8) is 0 Å². The standard InChI is InChI=1S/C36H51N3O4/c1-5-9-14-30-26-32-27-31(36(43)38(8-4)24-20-33(40)41)19-25-39(32)34(30)35(42)29-17-15-28(16-18-29)13-12-23-37(21-10-6-2)22-11-7-3/h15-19,25-27H,5-14,20-24H2,1-4H3,(H,40,41). The number of aromatic nitrogens is 1. The monoisotopic (exact) mass is 589 g/mol. The summed E-state index contributed by atoms with van der Waals surface area (Å²) in [6.07, 6.45) is 11.5. The van der Waals surface area contributed by atoms with Crippen LogP contribution in [0, 0.1) is 0 Å². The van der Waals surface area contributed by atoms with Crippen LogP contribution in [-0.2, 0) is 17.6 Å². The summed E-state index contributed by atoms with van der Waals surface area (Å²) in [5, 5.41) is 9.05. The Hall–Kier alpha value is -3.45. The van der Waals surface area contributed by atoms with Gasteiger partial charge in [0.1, 0.15) is 0 Å². The normalized spacial score (nSPS) is 11.4. The van der Waals surface area contributed by atoms with Crippen molar-refractivity contribution in [2.75, 3.05) is 32.7 Å². The van der Waals surface area contributed by atoms with Crippen LogP contribution < -0.4 is 0 Å². The molecule has 0 aliphatic heterocycles. The molecular formula is C36H51N3O4. The summed E-state index contributed by atoms with van der Waals surface area (Å²) in [6, 6.07) is 13.6. The van der Waals surface area contributed by atoms with Crippen molar-refractivity contribution in [1.82, 2.24) is 14.2 Å². The lowest BCUT2D eigenvalue weighted by molar-refractivity contribution is -0.137. The van der Waals surface area contributed by atoms with E-state index < -0.39 is 5.97 Å². The molecule has 0 saturated carbocycles. The second-order valence-corrected chi connectivity index (χ2v) is 11.5. The molecule has 2 aromatic heterocycles. The molecule has 0 aliphatic carbocycles. The first kappa shape index (κ1) is 34.0. The highest BCUT2D eigenvalue weighted by molar-refractivity contribution is 6.10. The molecule has 0 spiro atoms. The molecule has 0 atom stereocenters. The predicted molar refractivity (Wildman–Crippen MR) is 174 cm³/mol. The van der Waals surface area contributed by atoms with E-state index in [1.807, 2.05) is 35.6 Å². The first-order valence-electron chi connectivity index (χ1n) is 16.3. The molecular weight excluding hydrogens is 538 g/mol. The topological polar surface area (TPSA) is 82.3 Å². The van der Waals surface area contributed by atoms with Crippen molar-refractivity contribution in [2.24, 2.45) is 0 Å². The number of hydrogen-bond acceptors (Lipinski definition) is 4. The van der Waals surface area contributed by atoms with Crippen LogP contribution in [0.25, 0.3) is 5.52 Å². The van der Waals surface area contributed by atoms with Crippen LogP contribution in [0.1, 0.15) is 117 Å². The van der Waals surface area contributed by atoms with Crippen LogP contribution in [0.15, 0.2) is 48.7 Å². The largest absolute Gasteiger partial charge is 0.481 e. The molecule has 2 heterocycles. The molecule has 3 aromatic rings. The highest BCUT2D eigenvalue weighted by atomic mass is 16.4. The number of rotatable bonds is 20. The average molecular weight is 590 g/mol. The zero-order valence-corrected chi connectivity index (χ0v) is 26.7. The van der Waals surface area contributed by atoms with E-state index in [0.29, 0.717) is 23.4 Å². The van der Waals surface area contributed by atoms with E-state index in [2.05, 4.69) is 37.8 Å². The average Bonchev–Trinajstić information content (AvgIpc) is 3.38. The SMILES string of the molecule is CCCCc1cc2cc(C(=O)N(CC)CCC(=O)O)ccn2c1C(=O)c1ccc(CCCN(CCCC)CCCC)cc1. The fourth-order valence-corrected chi connectivity index (χ4v) is 5.56. The Bertz CT molecular complexity index is 1320. The number of carbonyl (C=O) groups excluding carboxylic acids is 2. The number of fused-ring (bicyclic) bond motifs is 1. The van der Waals surface area contributed by atoms with Gasteiger partial charge in [-0.3, -0.25) is 14.4 Å². The van der Waals surface area contributed by atoms with Crippen molar-refractivity contribution < 1.29 is 19.5 Å². The lowest BCUT2D eigenvalue weighted by atomic mass is 10.00. The maximum Gasteiger partial charge on any atom is 0.305 e. The lowest BCUT2D eigenvalue weighted by Gasteiger charge is -2.21. The summed E-state index contributed by atoms with van der Waals surface area (Å²) >= 11 is 0. The number of amides is 1. The fraction of sp³-hybridized carbons (Fsp3) is 0.528. The number of pyridine rings is 1. The molecule has 0 bridgehead atoms. The van der Waals surface area contributed by atoms with E-state index in [0.717, 1.165) is 49.7 Å². The van der Waals surface area contributed by atoms with Gasteiger partial charge in [0.2, 0.25) is 5.78 Å². The molecule has 3 rings (SSSR count). The summed E-state index contributed by atoms with van der Waals surface area (Å²) in [6.45, 7) is 12.5. The number of hydrogen-bond donors (Lipinski definition) is 1. The van der Waals surface area contributed by atoms with Crippen LogP contribution in [0.4, 0.5) is 0 Å². The number of ketones is 1. The molecule has 1 aromatic carbocycles. The summed E-state index contributed by atoms with van der Waals surface area (Å²) in [5.41, 5.74) is 4.83. The van der Waals surface area contributed by atoms with E-state index in [-0.39, 0.29) is 24.7 Å². The van der Waals surface area contributed by atoms with Gasteiger partial charge in [0.25, 0.3) is 5.91 Å². The van der Waals surface area contributed by atoms with Crippen molar-refractivity contribution in [3.8, 4) is 0 Å². The number of unbranched alkanes of at least 4 members (excludes halogenated alkanes) is 3. The van der Waals surface area contributed by atoms with E-state index in [1.54, 1.807) is 17.2 Å². The van der Waals surface area contributed by atoms with Crippen molar-refractivity contribution in [1.29, 1.82) is 0 Å². The molecule has 7 nitrogen and oxygen atoms in total. The van der Waals surface area contributed by atoms with Gasteiger partial charge < -0.3 is 19.3 Å². The number of carboxylic acid groups (broad SMARTS) is 1. The molecule has 1 N–H and O–H groups in total. The Balaban J connectivity index is 1.78. The molecule has 0 unspecified atom stereocenters. The van der Waals surface area contributed by atoms with Gasteiger partial charge in [-0.2, -0.15) is 0 Å². The molecule has 43 heavy (non-hydrogen) atoms. The minimum Gasteiger partial charge on any atom is -0.481 e. The van der Waals surface area contributed by atoms with Gasteiger partial charge in [-0.15, -0.1) is 0 Å². The Kier molecular flexibility index (Phi) is 13.9. The zero-order chi connectivity index (χ0) is 31.2. The van der Waals surface area contributed by atoms with Crippen molar-refractivity contribution in [3.05, 3.63) is 76.6 Å². The number of aryl methyl sites for hydroxylation is 2. The van der Waals surface area contributed by atoms with Crippen LogP contribution in [0.2, 0.25) is 0 Å². The van der Waals surface area contributed by atoms with Gasteiger partial charge in [0.05, 0.1) is 12.1 Å². The van der Waals surface area contributed by atoms with E-state index in [4.69, 9.17) is 5.11 Å². The van der Waals surface area contributed by atoms with Crippen LogP contribution >= 0.6 is 0 Å². The Morgan fingerprint density at radius 1 is 0.744 bits per heavy atom. The molecule has 0 aliphatic rings. The first-order valence-corrected chi connectivity index (χ1v) is 16.3. The minimum atomic E-state index is -0.929. The summed E-state index contributed by atoms with van der Waals surface area (Å²) in [7, 11) is 0. The third-order valence-corrected chi connectivity index (χ3v) is 8.19. The van der Waals surface area contributed by atoms with Crippen LogP contribution in [0.5, 0.6) is 0 Å². The predicted octanol–water partition coefficient (Wildman–Crippen LogP) is 7.28. The minimum absolute atomic E-state index is 0.0151. The molecule has 0 saturated heterocycles. The fourth-order valence-electron chi connectivity index (χ4n) is 5.56. The number of carbonyl (C=O) groups is 3. The molecule has 7 heteroatoms. The zero-order valence-electron chi connectivity index (χ0n) is 26.7. The third-order valence-electron chi connectivity index (χ3n) is 8.19. The Labute approximate surface area is 257 Å². The number of aliphatic carboxylic acids is 1. The highest BCUT2D eigenvalue weighted by Crippen LogP contribution is 2.24. The third kappa shape index (κ3) is 9.78. The smallest absolute Gasteiger partial charge is 0.305 e. The van der Waals surface area contributed by atoms with Gasteiger partial charge >= 0.3 is 5.97 Å². The van der Waals surface area contributed by atoms with Crippen LogP contribution in [-0.4, -0.2) is 69.7 Å². The first-order chi connectivity index (χ1) is 20.8. The van der Waals surface area contributed by atoms with Gasteiger partial charge in [-0.1, -0.05) is 64.3 Å². The van der Waals surface area contributed by atoms with E-state index >= 15 is 0 Å². The van der Waals surface area contributed by atoms with Crippen LogP contribution in [0.3, 0.4) is 0 Å². The molecule has 0 fully saturated rings. The number of benzene rings is 1. The lowest BCUT2D eigenvalue weighted by Crippen LogP contribution is -2.32. The Morgan fingerprint density at radius 2 is 1.40 bits per heavy atom. The molecule has 234 valence electrons. The van der Waals surface area contributed by atoms with Gasteiger partial charge in [0.15, 0.2) is 0 Å². The maximum atomic E-state index is 13.9. The van der Waals surface area contributed by atoms with Gasteiger partial charge in [-0.25, -0.2) is 0 Å². The summed E-state index contributed by atoms with van der Waals surface area (Å²) < 4.78 is 1.90. The summed E-state index contributed by atoms with van der Waals surface area (Å²) in [4.78, 5) is 42.2. The Morgan fingerprint density at radius 3 is 2.00 bits per heavy atom. The quantitative estimate of drug-likeness (QED) is 0.140. The van der Waals surface area contributed by atoms with Gasteiger partial charge in [-0.05, 0) is 94.4 Å². The van der Waals surface area contributed by atoms with E-state index in [9.17, 15) is 14.4 Å². The van der Waals surface area contributed by atoms with E-state index in [1.165, 1.54) is 44.3 Å². The van der Waals surface area contributed by atoms with Crippen molar-refractivity contribution in [2.45, 2.75) is 91.9 Å². The molecule has 0 radical (unpaired) electrons. The second kappa shape index (κ2) is 17.6. The number of nitrogens with zero attached hydrogens (tertiary/aromatic N) is 3. The number of carboxylic acids is 1. The maximum absolute atomic E-state index is 13.9. The van der Waals surface area contributed by atoms with Crippen molar-refractivity contribution >= 4 is 23.2 Å². The van der Waals surface area contributed by atoms with Gasteiger partial charge in [0, 0.05) is 35.9 Å².